The molecule has 3 aromatic rings. The van der Waals surface area contributed by atoms with Gasteiger partial charge in [-0.2, -0.15) is 0 Å². The number of amides is 1. The van der Waals surface area contributed by atoms with Crippen LogP contribution >= 0.6 is 0 Å². The number of ether oxygens (including phenoxy) is 1. The second-order valence-corrected chi connectivity index (χ2v) is 9.12. The number of aromatic hydroxyl groups is 1. The Kier molecular flexibility index (Phi) is 8.69. The van der Waals surface area contributed by atoms with E-state index in [-0.39, 0.29) is 17.5 Å². The van der Waals surface area contributed by atoms with Crippen molar-refractivity contribution in [2.24, 2.45) is 0 Å². The molecule has 0 saturated heterocycles. The van der Waals surface area contributed by atoms with Gasteiger partial charge in [0.25, 0.3) is 0 Å². The van der Waals surface area contributed by atoms with E-state index in [4.69, 9.17) is 4.74 Å². The molecule has 192 valence electrons. The summed E-state index contributed by atoms with van der Waals surface area (Å²) in [6.07, 6.45) is 8.57. The first-order valence-corrected chi connectivity index (χ1v) is 12.4. The number of rotatable bonds is 9. The maximum absolute atomic E-state index is 14.8. The third kappa shape index (κ3) is 6.62. The number of halogens is 1. The molecule has 0 unspecified atom stereocenters. The number of hydrogen-bond donors (Lipinski definition) is 2. The Morgan fingerprint density at radius 2 is 1.95 bits per heavy atom. The van der Waals surface area contributed by atoms with E-state index in [1.807, 2.05) is 30.3 Å². The van der Waals surface area contributed by atoms with Gasteiger partial charge in [-0.3, -0.25) is 9.78 Å². The van der Waals surface area contributed by atoms with Crippen molar-refractivity contribution >= 4 is 17.1 Å². The molecule has 0 bridgehead atoms. The van der Waals surface area contributed by atoms with Gasteiger partial charge in [-0.25, -0.2) is 4.39 Å². The maximum Gasteiger partial charge on any atom is 0.245 e. The van der Waals surface area contributed by atoms with E-state index >= 15 is 0 Å². The maximum atomic E-state index is 14.8. The molecule has 0 radical (unpaired) electrons. The van der Waals surface area contributed by atoms with Gasteiger partial charge in [0.05, 0.1) is 6.20 Å². The van der Waals surface area contributed by atoms with Crippen LogP contribution in [0.1, 0.15) is 35.1 Å². The van der Waals surface area contributed by atoms with E-state index < -0.39 is 0 Å². The quantitative estimate of drug-likeness (QED) is 0.324. The van der Waals surface area contributed by atoms with Crippen LogP contribution in [0.5, 0.6) is 11.5 Å². The summed E-state index contributed by atoms with van der Waals surface area (Å²) in [5.74, 6) is 0.580. The third-order valence-electron chi connectivity index (χ3n) is 6.28. The molecule has 1 amide bonds. The molecule has 2 N–H and O–H groups in total. The Morgan fingerprint density at radius 1 is 1.14 bits per heavy atom. The molecule has 0 saturated carbocycles. The van der Waals surface area contributed by atoms with E-state index in [9.17, 15) is 14.3 Å². The number of aromatic nitrogens is 1. The van der Waals surface area contributed by atoms with Gasteiger partial charge >= 0.3 is 0 Å². The van der Waals surface area contributed by atoms with Gasteiger partial charge in [0, 0.05) is 45.0 Å². The number of nitrogens with zero attached hydrogens (tertiary/aromatic N) is 2. The zero-order chi connectivity index (χ0) is 26.2. The van der Waals surface area contributed by atoms with E-state index in [2.05, 4.69) is 10.3 Å². The van der Waals surface area contributed by atoms with Crippen molar-refractivity contribution in [1.82, 2.24) is 15.2 Å². The average Bonchev–Trinajstić information content (AvgIpc) is 3.07. The van der Waals surface area contributed by atoms with Crippen LogP contribution in [0.3, 0.4) is 0 Å². The van der Waals surface area contributed by atoms with Crippen molar-refractivity contribution in [3.05, 3.63) is 101 Å². The van der Waals surface area contributed by atoms with Crippen LogP contribution in [0.25, 0.3) is 11.1 Å². The number of pyridine rings is 1. The standard InChI is InChI=1S/C30H32FN3O3/c1-34(2)29(36)7-4-15-32-17-18-37-24-11-8-21(9-12-24)30-25-13-10-23(35)19-22(25)5-3-6-27(30)26-14-16-33-20-28(26)31/h4,7-14,16,19-20,32,35H,3,5-6,15,17-18H2,1-2H3/b7-4+. The van der Waals surface area contributed by atoms with E-state index in [1.54, 1.807) is 50.6 Å². The Hall–Kier alpha value is -3.97. The molecule has 1 heterocycles. The zero-order valence-corrected chi connectivity index (χ0v) is 21.2. The van der Waals surface area contributed by atoms with Crippen molar-refractivity contribution < 1.29 is 19.0 Å². The lowest BCUT2D eigenvalue weighted by Gasteiger charge is -2.17. The SMILES string of the molecule is CN(C)C(=O)/C=C/CNCCOc1ccc(C2=C(c3ccncc3F)CCCc3cc(O)ccc32)cc1. The highest BCUT2D eigenvalue weighted by atomic mass is 19.1. The number of phenolic OH excluding ortho intramolecular Hbond substituents is 1. The number of aryl methyl sites for hydroxylation is 1. The van der Waals surface area contributed by atoms with Crippen LogP contribution < -0.4 is 10.1 Å². The second-order valence-electron chi connectivity index (χ2n) is 9.12. The van der Waals surface area contributed by atoms with Gasteiger partial charge in [-0.15, -0.1) is 0 Å². The Balaban J connectivity index is 1.51. The second kappa shape index (κ2) is 12.3. The summed E-state index contributed by atoms with van der Waals surface area (Å²) in [6.45, 7) is 1.70. The zero-order valence-electron chi connectivity index (χ0n) is 21.2. The van der Waals surface area contributed by atoms with Gasteiger partial charge in [-0.05, 0) is 77.4 Å². The summed E-state index contributed by atoms with van der Waals surface area (Å²) >= 11 is 0. The number of nitrogens with one attached hydrogen (secondary N) is 1. The Labute approximate surface area is 217 Å². The summed E-state index contributed by atoms with van der Waals surface area (Å²) in [7, 11) is 3.43. The lowest BCUT2D eigenvalue weighted by atomic mass is 9.88. The lowest BCUT2D eigenvalue weighted by Crippen LogP contribution is -2.22. The first kappa shape index (κ1) is 26.1. The monoisotopic (exact) mass is 501 g/mol. The fraction of sp³-hybridized carbons (Fsp3) is 0.267. The predicted octanol–water partition coefficient (Wildman–Crippen LogP) is 4.83. The molecule has 1 aliphatic rings. The van der Waals surface area contributed by atoms with Crippen molar-refractivity contribution in [2.45, 2.75) is 19.3 Å². The first-order valence-electron chi connectivity index (χ1n) is 12.4. The lowest BCUT2D eigenvalue weighted by molar-refractivity contribution is -0.123. The molecule has 4 rings (SSSR count). The van der Waals surface area contributed by atoms with Crippen molar-refractivity contribution in [3.63, 3.8) is 0 Å². The van der Waals surface area contributed by atoms with Gasteiger partial charge in [-0.1, -0.05) is 24.3 Å². The minimum absolute atomic E-state index is 0.0452. The molecule has 37 heavy (non-hydrogen) atoms. The van der Waals surface area contributed by atoms with Gasteiger partial charge in [0.15, 0.2) is 0 Å². The summed E-state index contributed by atoms with van der Waals surface area (Å²) in [6, 6.07) is 15.0. The summed E-state index contributed by atoms with van der Waals surface area (Å²) in [4.78, 5) is 17.0. The van der Waals surface area contributed by atoms with Crippen LogP contribution in [0, 0.1) is 5.82 Å². The third-order valence-corrected chi connectivity index (χ3v) is 6.28. The molecular weight excluding hydrogens is 469 g/mol. The number of hydrogen-bond acceptors (Lipinski definition) is 5. The Morgan fingerprint density at radius 3 is 2.70 bits per heavy atom. The normalized spacial score (nSPS) is 13.4. The highest BCUT2D eigenvalue weighted by Gasteiger charge is 2.22. The van der Waals surface area contributed by atoms with E-state index in [1.165, 1.54) is 11.1 Å². The van der Waals surface area contributed by atoms with E-state index in [0.29, 0.717) is 31.7 Å². The minimum Gasteiger partial charge on any atom is -0.508 e. The molecule has 7 heteroatoms. The highest BCUT2D eigenvalue weighted by molar-refractivity contribution is 6.00. The van der Waals surface area contributed by atoms with Crippen LogP contribution in [0.15, 0.2) is 73.1 Å². The summed E-state index contributed by atoms with van der Waals surface area (Å²) < 4.78 is 20.7. The Bertz CT molecular complexity index is 1300. The molecule has 0 fully saturated rings. The number of phenols is 1. The molecule has 2 aromatic carbocycles. The largest absolute Gasteiger partial charge is 0.508 e. The molecule has 0 spiro atoms. The highest BCUT2D eigenvalue weighted by Crippen LogP contribution is 2.41. The number of benzene rings is 2. The van der Waals surface area contributed by atoms with Gasteiger partial charge in [0.2, 0.25) is 5.91 Å². The molecule has 1 aliphatic carbocycles. The number of fused-ring (bicyclic) bond motifs is 1. The minimum atomic E-state index is -0.342. The number of carbonyl (C=O) groups excluding carboxylic acids is 1. The van der Waals surface area contributed by atoms with Crippen LogP contribution in [-0.4, -0.2) is 54.7 Å². The van der Waals surface area contributed by atoms with Crippen molar-refractivity contribution in [2.75, 3.05) is 33.8 Å². The molecule has 0 aliphatic heterocycles. The molecule has 6 nitrogen and oxygen atoms in total. The number of carbonyl (C=O) groups is 1. The number of allylic oxidation sites excluding steroid dienone is 1. The molecular formula is C30H32FN3O3. The first-order chi connectivity index (χ1) is 17.9. The fourth-order valence-electron chi connectivity index (χ4n) is 4.45. The van der Waals surface area contributed by atoms with Crippen molar-refractivity contribution in [1.29, 1.82) is 0 Å². The van der Waals surface area contributed by atoms with Crippen LogP contribution in [0.4, 0.5) is 4.39 Å². The van der Waals surface area contributed by atoms with Gasteiger partial charge in [0.1, 0.15) is 23.9 Å². The van der Waals surface area contributed by atoms with Gasteiger partial charge < -0.3 is 20.1 Å². The summed E-state index contributed by atoms with van der Waals surface area (Å²) in [5, 5.41) is 13.3. The van der Waals surface area contributed by atoms with E-state index in [0.717, 1.165) is 46.4 Å². The van der Waals surface area contributed by atoms with Crippen LogP contribution in [-0.2, 0) is 11.2 Å². The summed E-state index contributed by atoms with van der Waals surface area (Å²) in [5.41, 5.74) is 5.46. The fourth-order valence-corrected chi connectivity index (χ4v) is 4.45. The van der Waals surface area contributed by atoms with Crippen molar-refractivity contribution in [3.8, 4) is 11.5 Å². The molecule has 1 aromatic heterocycles. The number of likely N-dealkylation sites (N-methyl/N-ethyl adjacent to an activating group) is 1. The molecule has 0 atom stereocenters. The smallest absolute Gasteiger partial charge is 0.245 e. The van der Waals surface area contributed by atoms with Crippen LogP contribution in [0.2, 0.25) is 0 Å². The average molecular weight is 502 g/mol. The predicted molar refractivity (Wildman–Crippen MR) is 144 cm³/mol. The topological polar surface area (TPSA) is 74.7 Å².